The molecule has 2 N–H and O–H groups in total. The van der Waals surface area contributed by atoms with Crippen molar-refractivity contribution in [3.63, 3.8) is 0 Å². The Morgan fingerprint density at radius 1 is 1.11 bits per heavy atom. The highest BCUT2D eigenvalue weighted by atomic mass is 16.3. The second-order valence-corrected chi connectivity index (χ2v) is 9.28. The number of aliphatic hydroxyl groups is 1. The number of carbonyl (C=O) groups excluding carboxylic acids is 1. The van der Waals surface area contributed by atoms with E-state index in [1.165, 1.54) is 24.0 Å². The van der Waals surface area contributed by atoms with Crippen LogP contribution in [-0.2, 0) is 11.3 Å². The Morgan fingerprint density at radius 2 is 1.75 bits per heavy atom. The van der Waals surface area contributed by atoms with Crippen LogP contribution in [0.25, 0.3) is 0 Å². The van der Waals surface area contributed by atoms with Crippen molar-refractivity contribution in [1.82, 2.24) is 15.1 Å². The van der Waals surface area contributed by atoms with Crippen molar-refractivity contribution in [1.29, 1.82) is 0 Å². The molecule has 0 spiro atoms. The third-order valence-corrected chi connectivity index (χ3v) is 6.49. The van der Waals surface area contributed by atoms with Gasteiger partial charge in [-0.15, -0.1) is 0 Å². The van der Waals surface area contributed by atoms with Crippen LogP contribution < -0.4 is 5.32 Å². The summed E-state index contributed by atoms with van der Waals surface area (Å²) in [5, 5.41) is 12.3. The van der Waals surface area contributed by atoms with Crippen molar-refractivity contribution in [2.75, 3.05) is 32.8 Å². The van der Waals surface area contributed by atoms with E-state index >= 15 is 0 Å². The molecule has 0 radical (unpaired) electrons. The summed E-state index contributed by atoms with van der Waals surface area (Å²) in [5.74, 6) is 0.190. The summed E-state index contributed by atoms with van der Waals surface area (Å²) in [5.41, 5.74) is 2.30. The van der Waals surface area contributed by atoms with Crippen LogP contribution in [0, 0.1) is 12.8 Å². The first-order valence-corrected chi connectivity index (χ1v) is 10.8. The fraction of sp³-hybridized carbons (Fsp3) is 0.696. The van der Waals surface area contributed by atoms with E-state index in [1.807, 2.05) is 13.8 Å². The lowest BCUT2D eigenvalue weighted by Gasteiger charge is -2.42. The van der Waals surface area contributed by atoms with E-state index in [2.05, 4.69) is 46.3 Å². The first-order chi connectivity index (χ1) is 13.4. The summed E-state index contributed by atoms with van der Waals surface area (Å²) in [6, 6.07) is 9.35. The number of piperidine rings is 2. The van der Waals surface area contributed by atoms with Gasteiger partial charge in [0.2, 0.25) is 5.91 Å². The van der Waals surface area contributed by atoms with E-state index < -0.39 is 5.54 Å². The van der Waals surface area contributed by atoms with Gasteiger partial charge < -0.3 is 15.3 Å². The topological polar surface area (TPSA) is 55.8 Å². The number of nitrogens with zero attached hydrogens (tertiary/aromatic N) is 2. The number of carbonyl (C=O) groups is 1. The Bertz CT molecular complexity index is 645. The van der Waals surface area contributed by atoms with Crippen LogP contribution in [0.3, 0.4) is 0 Å². The zero-order valence-corrected chi connectivity index (χ0v) is 17.8. The molecule has 1 aromatic carbocycles. The van der Waals surface area contributed by atoms with Crippen LogP contribution >= 0.6 is 0 Å². The molecule has 0 aromatic heterocycles. The van der Waals surface area contributed by atoms with Crippen molar-refractivity contribution in [2.45, 2.75) is 64.6 Å². The smallest absolute Gasteiger partial charge is 0.223 e. The summed E-state index contributed by atoms with van der Waals surface area (Å²) in [4.78, 5) is 17.6. The molecule has 0 saturated carbocycles. The van der Waals surface area contributed by atoms with Gasteiger partial charge in [-0.1, -0.05) is 24.3 Å². The number of aryl methyl sites for hydroxylation is 1. The van der Waals surface area contributed by atoms with Crippen LogP contribution in [0.1, 0.15) is 50.7 Å². The maximum Gasteiger partial charge on any atom is 0.223 e. The zero-order valence-electron chi connectivity index (χ0n) is 17.8. The third-order valence-electron chi connectivity index (χ3n) is 6.49. The molecule has 2 heterocycles. The summed E-state index contributed by atoms with van der Waals surface area (Å²) in [6.45, 7) is 11.3. The Labute approximate surface area is 170 Å². The van der Waals surface area contributed by atoms with Gasteiger partial charge in [0.05, 0.1) is 12.1 Å². The van der Waals surface area contributed by atoms with Gasteiger partial charge in [0.15, 0.2) is 0 Å². The largest absolute Gasteiger partial charge is 0.394 e. The number of aliphatic hydroxyl groups excluding tert-OH is 1. The number of rotatable bonds is 6. The maximum atomic E-state index is 12.5. The van der Waals surface area contributed by atoms with Crippen LogP contribution in [0.15, 0.2) is 24.3 Å². The molecule has 156 valence electrons. The Morgan fingerprint density at radius 3 is 2.36 bits per heavy atom. The first kappa shape index (κ1) is 21.3. The van der Waals surface area contributed by atoms with Crippen molar-refractivity contribution in [3.8, 4) is 0 Å². The SMILES string of the molecule is Cc1ccccc1CN1CCC(N2CCC(C(=O)NC(C)(C)CO)CC2)CC1. The van der Waals surface area contributed by atoms with Gasteiger partial charge in [0.1, 0.15) is 0 Å². The van der Waals surface area contributed by atoms with Crippen molar-refractivity contribution >= 4 is 5.91 Å². The fourth-order valence-electron chi connectivity index (χ4n) is 4.47. The molecule has 1 amide bonds. The molecule has 2 aliphatic rings. The van der Waals surface area contributed by atoms with Gasteiger partial charge in [-0.25, -0.2) is 0 Å². The minimum absolute atomic E-state index is 0.0291. The number of hydrogen-bond donors (Lipinski definition) is 2. The molecule has 3 rings (SSSR count). The maximum absolute atomic E-state index is 12.5. The molecular weight excluding hydrogens is 350 g/mol. The molecule has 0 aliphatic carbocycles. The Hall–Kier alpha value is -1.43. The summed E-state index contributed by atoms with van der Waals surface area (Å²) in [6.07, 6.45) is 4.30. The van der Waals surface area contributed by atoms with Crippen LogP contribution in [0.4, 0.5) is 0 Å². The zero-order chi connectivity index (χ0) is 20.1. The second-order valence-electron chi connectivity index (χ2n) is 9.28. The van der Waals surface area contributed by atoms with E-state index in [0.29, 0.717) is 6.04 Å². The van der Waals surface area contributed by atoms with Crippen LogP contribution in [0.2, 0.25) is 0 Å². The summed E-state index contributed by atoms with van der Waals surface area (Å²) in [7, 11) is 0. The van der Waals surface area contributed by atoms with Gasteiger partial charge in [-0.3, -0.25) is 9.69 Å². The van der Waals surface area contributed by atoms with E-state index in [0.717, 1.165) is 45.6 Å². The fourth-order valence-corrected chi connectivity index (χ4v) is 4.47. The number of likely N-dealkylation sites (tertiary alicyclic amines) is 2. The lowest BCUT2D eigenvalue weighted by atomic mass is 9.91. The first-order valence-electron chi connectivity index (χ1n) is 10.8. The van der Waals surface area contributed by atoms with Gasteiger partial charge in [0, 0.05) is 18.5 Å². The molecule has 28 heavy (non-hydrogen) atoms. The lowest BCUT2D eigenvalue weighted by molar-refractivity contribution is -0.128. The molecule has 5 heteroatoms. The van der Waals surface area contributed by atoms with Gasteiger partial charge in [0.25, 0.3) is 0 Å². The molecular formula is C23H37N3O2. The highest BCUT2D eigenvalue weighted by molar-refractivity contribution is 5.79. The summed E-state index contributed by atoms with van der Waals surface area (Å²) < 4.78 is 0. The average Bonchev–Trinajstić information content (AvgIpc) is 2.70. The Kier molecular flexibility index (Phi) is 7.13. The molecule has 1 aromatic rings. The quantitative estimate of drug-likeness (QED) is 0.788. The highest BCUT2D eigenvalue weighted by Crippen LogP contribution is 2.25. The standard InChI is InChI=1S/C23H37N3O2/c1-18-6-4-5-7-20(18)16-25-12-10-21(11-13-25)26-14-8-19(9-15-26)22(28)24-23(2,3)17-27/h4-7,19,21,27H,8-17H2,1-3H3,(H,24,28). The lowest BCUT2D eigenvalue weighted by Crippen LogP contribution is -2.52. The van der Waals surface area contributed by atoms with E-state index in [1.54, 1.807) is 0 Å². The van der Waals surface area contributed by atoms with Crippen LogP contribution in [0.5, 0.6) is 0 Å². The van der Waals surface area contributed by atoms with Gasteiger partial charge in [-0.2, -0.15) is 0 Å². The minimum Gasteiger partial charge on any atom is -0.394 e. The summed E-state index contributed by atoms with van der Waals surface area (Å²) >= 11 is 0. The molecule has 0 atom stereocenters. The average molecular weight is 388 g/mol. The van der Waals surface area contributed by atoms with Crippen molar-refractivity contribution in [3.05, 3.63) is 35.4 Å². The van der Waals surface area contributed by atoms with Crippen LogP contribution in [-0.4, -0.2) is 65.2 Å². The number of amides is 1. The van der Waals surface area contributed by atoms with Crippen molar-refractivity contribution in [2.24, 2.45) is 5.92 Å². The van der Waals surface area contributed by atoms with E-state index in [-0.39, 0.29) is 18.4 Å². The molecule has 2 aliphatic heterocycles. The number of benzene rings is 1. The van der Waals surface area contributed by atoms with E-state index in [4.69, 9.17) is 0 Å². The molecule has 0 bridgehead atoms. The Balaban J connectivity index is 1.41. The molecule has 0 unspecified atom stereocenters. The predicted octanol–water partition coefficient (Wildman–Crippen LogP) is 2.56. The van der Waals surface area contributed by atoms with Gasteiger partial charge >= 0.3 is 0 Å². The number of nitrogens with one attached hydrogen (secondary N) is 1. The highest BCUT2D eigenvalue weighted by Gasteiger charge is 2.32. The molecule has 2 saturated heterocycles. The second kappa shape index (κ2) is 9.38. The monoisotopic (exact) mass is 387 g/mol. The van der Waals surface area contributed by atoms with Gasteiger partial charge in [-0.05, 0) is 83.8 Å². The molecule has 2 fully saturated rings. The normalized spacial score (nSPS) is 21.0. The van der Waals surface area contributed by atoms with Crippen molar-refractivity contribution < 1.29 is 9.90 Å². The third kappa shape index (κ3) is 5.56. The minimum atomic E-state index is -0.530. The molecule has 5 nitrogen and oxygen atoms in total. The number of hydrogen-bond acceptors (Lipinski definition) is 4. The predicted molar refractivity (Wildman–Crippen MR) is 113 cm³/mol. The van der Waals surface area contributed by atoms with E-state index in [9.17, 15) is 9.90 Å².